The second-order valence-electron chi connectivity index (χ2n) is 15.2. The first kappa shape index (κ1) is 47.0. The number of esters is 3. The van der Waals surface area contributed by atoms with Crippen LogP contribution < -0.4 is 9.47 Å². The van der Waals surface area contributed by atoms with Gasteiger partial charge in [-0.05, 0) is 118 Å². The Morgan fingerprint density at radius 3 is 1.97 bits per heavy atom. The molecule has 1 saturated heterocycles. The molecular formula is C50H60O10. The van der Waals surface area contributed by atoms with Gasteiger partial charge in [0.25, 0.3) is 0 Å². The fourth-order valence-electron chi connectivity index (χ4n) is 6.73. The van der Waals surface area contributed by atoms with E-state index in [4.69, 9.17) is 28.4 Å². The Hall–Kier alpha value is -5.71. The van der Waals surface area contributed by atoms with Crippen molar-refractivity contribution in [2.75, 3.05) is 14.2 Å². The maximum atomic E-state index is 13.6. The summed E-state index contributed by atoms with van der Waals surface area (Å²) in [6.45, 7) is 13.7. The number of carbonyl (C=O) groups is 3. The van der Waals surface area contributed by atoms with Gasteiger partial charge in [-0.25, -0.2) is 9.59 Å². The lowest BCUT2D eigenvalue weighted by Gasteiger charge is -2.32. The third-order valence-electron chi connectivity index (χ3n) is 10.1. The lowest BCUT2D eigenvalue weighted by molar-refractivity contribution is -0.170. The van der Waals surface area contributed by atoms with Crippen molar-refractivity contribution in [2.45, 2.75) is 95.9 Å². The van der Waals surface area contributed by atoms with Crippen molar-refractivity contribution < 1.29 is 47.9 Å². The van der Waals surface area contributed by atoms with Crippen molar-refractivity contribution in [3.63, 3.8) is 0 Å². The topological polar surface area (TPSA) is 127 Å². The summed E-state index contributed by atoms with van der Waals surface area (Å²) in [5.41, 5.74) is 3.40. The highest BCUT2D eigenvalue weighted by Gasteiger charge is 2.39. The number of rotatable bonds is 14. The first-order valence-electron chi connectivity index (χ1n) is 20.4. The van der Waals surface area contributed by atoms with Gasteiger partial charge in [-0.3, -0.25) is 4.79 Å². The summed E-state index contributed by atoms with van der Waals surface area (Å²) in [7, 11) is 3.15. The number of fused-ring (bicyclic) bond motifs is 2. The first-order valence-corrected chi connectivity index (χ1v) is 20.4. The Labute approximate surface area is 355 Å². The normalized spacial score (nSPS) is 26.0. The number of allylic oxidation sites excluding steroid dienone is 7. The molecule has 2 heterocycles. The molecule has 0 aliphatic carbocycles. The second kappa shape index (κ2) is 24.4. The van der Waals surface area contributed by atoms with Crippen molar-refractivity contribution in [1.82, 2.24) is 0 Å². The van der Waals surface area contributed by atoms with Gasteiger partial charge in [0.1, 0.15) is 23.7 Å². The van der Waals surface area contributed by atoms with Gasteiger partial charge in [-0.15, -0.1) is 0 Å². The molecule has 0 unspecified atom stereocenters. The molecule has 1 fully saturated rings. The number of hydrogen-bond acceptors (Lipinski definition) is 10. The Balaban J connectivity index is 1.60. The van der Waals surface area contributed by atoms with Crippen LogP contribution in [0.3, 0.4) is 0 Å². The van der Waals surface area contributed by atoms with Gasteiger partial charge in [0, 0.05) is 12.2 Å². The average Bonchev–Trinajstić information content (AvgIpc) is 3.72. The van der Waals surface area contributed by atoms with E-state index in [1.165, 1.54) is 12.2 Å². The smallest absolute Gasteiger partial charge is 0.331 e. The summed E-state index contributed by atoms with van der Waals surface area (Å²) in [5, 5.41) is 11.7. The Morgan fingerprint density at radius 2 is 1.40 bits per heavy atom. The summed E-state index contributed by atoms with van der Waals surface area (Å²) in [5.74, 6) is -1.41. The average molecular weight is 821 g/mol. The van der Waals surface area contributed by atoms with Crippen molar-refractivity contribution in [1.29, 1.82) is 0 Å². The van der Waals surface area contributed by atoms with E-state index in [2.05, 4.69) is 13.2 Å². The Morgan fingerprint density at radius 1 is 0.833 bits per heavy atom. The predicted molar refractivity (Wildman–Crippen MR) is 235 cm³/mol. The van der Waals surface area contributed by atoms with E-state index in [-0.39, 0.29) is 12.0 Å². The van der Waals surface area contributed by atoms with Gasteiger partial charge in [0.05, 0.1) is 32.3 Å². The van der Waals surface area contributed by atoms with E-state index < -0.39 is 54.3 Å². The van der Waals surface area contributed by atoms with Gasteiger partial charge < -0.3 is 33.5 Å². The van der Waals surface area contributed by atoms with E-state index >= 15 is 0 Å². The summed E-state index contributed by atoms with van der Waals surface area (Å²) >= 11 is 0. The molecule has 0 amide bonds. The maximum Gasteiger partial charge on any atom is 0.331 e. The molecule has 0 spiro atoms. The number of aliphatic hydroxyl groups excluding tert-OH is 1. The molecule has 4 rings (SSSR count). The first-order chi connectivity index (χ1) is 28.8. The minimum absolute atomic E-state index is 0.160. The van der Waals surface area contributed by atoms with Gasteiger partial charge in [0.2, 0.25) is 0 Å². The molecule has 10 nitrogen and oxygen atoms in total. The van der Waals surface area contributed by atoms with Gasteiger partial charge >= 0.3 is 17.9 Å². The van der Waals surface area contributed by atoms with Gasteiger partial charge in [-0.2, -0.15) is 0 Å². The second-order valence-corrected chi connectivity index (χ2v) is 15.2. The molecule has 2 aromatic rings. The van der Waals surface area contributed by atoms with E-state index in [0.29, 0.717) is 43.6 Å². The molecule has 1 N–H and O–H groups in total. The van der Waals surface area contributed by atoms with E-state index in [9.17, 15) is 19.5 Å². The number of benzene rings is 2. The molecule has 2 aromatic carbocycles. The van der Waals surface area contributed by atoms with Crippen LogP contribution in [0.25, 0.3) is 12.2 Å². The number of methoxy groups -OCH3 is 2. The molecule has 2 aliphatic heterocycles. The standard InChI is InChI=1S/C50H60O10/c1-34(2)13-12-14-35(3)33-37(5)49-48(53)45-30-29-42(57-45)16-9-11-18-44(59-47(52)32-24-39-21-27-41(56-7)28-22-39)43(17-10-8-15-36(4)50(54)60-49)58-46(51)31-23-38-19-25-40(55-6)26-20-38/h8,10-12,14-15,17-28,31-32,36-37,42-45,48-49,53H,1,3,9,13,16,29-30,33H2,2,4-7H3/b14-12+,15-8+,17-10+,18-11+,31-23+,32-24+/t36-,37-,42+,43-,44-,45+,48-,49-/m1/s1. The third-order valence-corrected chi connectivity index (χ3v) is 10.1. The molecule has 2 bridgehead atoms. The number of aliphatic hydroxyl groups is 1. The van der Waals surface area contributed by atoms with Crippen LogP contribution in [-0.2, 0) is 33.3 Å². The number of ether oxygens (including phenoxy) is 6. The van der Waals surface area contributed by atoms with Crippen LogP contribution in [0.1, 0.15) is 70.4 Å². The maximum absolute atomic E-state index is 13.6. The van der Waals surface area contributed by atoms with Crippen LogP contribution in [0.5, 0.6) is 11.5 Å². The fraction of sp³-hybridized carbons (Fsp3) is 0.380. The quantitative estimate of drug-likeness (QED) is 0.0648. The van der Waals surface area contributed by atoms with Crippen LogP contribution in [0, 0.1) is 11.8 Å². The molecular weight excluding hydrogens is 761 g/mol. The molecule has 0 radical (unpaired) electrons. The highest BCUT2D eigenvalue weighted by Crippen LogP contribution is 2.31. The minimum Gasteiger partial charge on any atom is -0.497 e. The van der Waals surface area contributed by atoms with Gasteiger partial charge in [0.15, 0.2) is 12.2 Å². The van der Waals surface area contributed by atoms with Crippen LogP contribution >= 0.6 is 0 Å². The van der Waals surface area contributed by atoms with Crippen LogP contribution in [0.4, 0.5) is 0 Å². The van der Waals surface area contributed by atoms with Crippen molar-refractivity contribution >= 4 is 30.1 Å². The number of hydrogen-bond donors (Lipinski definition) is 1. The van der Waals surface area contributed by atoms with Crippen LogP contribution in [0.15, 0.2) is 134 Å². The van der Waals surface area contributed by atoms with Crippen LogP contribution in [-0.4, -0.2) is 73.9 Å². The lowest BCUT2D eigenvalue weighted by atomic mass is 9.89. The molecule has 10 heteroatoms. The SMILES string of the molecule is C=C(C)C/C=C/C(=C)C[C@@H](C)[C@H]1OC(=O)[C@H](C)/C=C/C=C/[C@@H](OC(=O)/C=C/c2ccc(OC)cc2)[C@H](OC(=O)/C=C/c2ccc(OC)cc2)/C=C/CC[C@H]2CC[C@H](O2)[C@H]1O. The highest BCUT2D eigenvalue weighted by atomic mass is 16.6. The summed E-state index contributed by atoms with van der Waals surface area (Å²) in [6.07, 6.45) is 19.0. The lowest BCUT2D eigenvalue weighted by Crippen LogP contribution is -2.44. The number of cyclic esters (lactones) is 1. The zero-order valence-electron chi connectivity index (χ0n) is 35.4. The fourth-order valence-corrected chi connectivity index (χ4v) is 6.73. The molecule has 0 saturated carbocycles. The zero-order valence-corrected chi connectivity index (χ0v) is 35.4. The Kier molecular flexibility index (Phi) is 19.1. The van der Waals surface area contributed by atoms with E-state index in [1.54, 1.807) is 100 Å². The zero-order chi connectivity index (χ0) is 43.4. The molecule has 320 valence electrons. The van der Waals surface area contributed by atoms with Gasteiger partial charge in [-0.1, -0.05) is 91.9 Å². The molecule has 60 heavy (non-hydrogen) atoms. The van der Waals surface area contributed by atoms with Crippen molar-refractivity contribution in [3.8, 4) is 11.5 Å². The minimum atomic E-state index is -1.05. The molecule has 2 aliphatic rings. The largest absolute Gasteiger partial charge is 0.497 e. The summed E-state index contributed by atoms with van der Waals surface area (Å²) in [6, 6.07) is 14.4. The van der Waals surface area contributed by atoms with Crippen molar-refractivity contribution in [2.24, 2.45) is 11.8 Å². The summed E-state index contributed by atoms with van der Waals surface area (Å²) < 4.78 is 34.7. The predicted octanol–water partition coefficient (Wildman–Crippen LogP) is 9.28. The summed E-state index contributed by atoms with van der Waals surface area (Å²) in [4.78, 5) is 40.1. The Bertz CT molecular complexity index is 1920. The number of carbonyl (C=O) groups excluding carboxylic acids is 3. The monoisotopic (exact) mass is 820 g/mol. The highest BCUT2D eigenvalue weighted by molar-refractivity contribution is 5.88. The van der Waals surface area contributed by atoms with E-state index in [1.807, 2.05) is 44.2 Å². The van der Waals surface area contributed by atoms with Crippen LogP contribution in [0.2, 0.25) is 0 Å². The van der Waals surface area contributed by atoms with Crippen molar-refractivity contribution in [3.05, 3.63) is 145 Å². The third kappa shape index (κ3) is 15.8. The molecule has 0 aromatic heterocycles. The molecule has 8 atom stereocenters. The van der Waals surface area contributed by atoms with E-state index in [0.717, 1.165) is 28.7 Å².